The van der Waals surface area contributed by atoms with Gasteiger partial charge in [0.1, 0.15) is 11.3 Å². The molecule has 1 amide bonds. The minimum absolute atomic E-state index is 0.00995. The zero-order valence-electron chi connectivity index (χ0n) is 17.9. The number of thioether (sulfide) groups is 2. The molecule has 0 spiro atoms. The molecule has 28 heavy (non-hydrogen) atoms. The Bertz CT molecular complexity index is 691. The molecule has 0 aliphatic carbocycles. The zero-order chi connectivity index (χ0) is 20.6. The summed E-state index contributed by atoms with van der Waals surface area (Å²) in [4.78, 5) is 14.8. The number of rotatable bonds is 3. The second-order valence-corrected chi connectivity index (χ2v) is 12.2. The summed E-state index contributed by atoms with van der Waals surface area (Å²) in [6.07, 6.45) is 1.80. The summed E-state index contributed by atoms with van der Waals surface area (Å²) < 4.78 is 11.7. The van der Waals surface area contributed by atoms with Crippen LogP contribution in [0.15, 0.2) is 24.3 Å². The van der Waals surface area contributed by atoms with Crippen LogP contribution in [0.5, 0.6) is 0 Å². The molecule has 1 aromatic carbocycles. The molecule has 0 N–H and O–H groups in total. The van der Waals surface area contributed by atoms with Gasteiger partial charge in [0, 0.05) is 0 Å². The van der Waals surface area contributed by atoms with Crippen LogP contribution in [0.1, 0.15) is 58.6 Å². The SMILES string of the molecule is Cc1ccc(C2(C[C@@H]3COC(C)(C)N3C(=O)OC(C)(C)C)SCCCS2)cc1. The lowest BCUT2D eigenvalue weighted by molar-refractivity contribution is -0.0627. The molecule has 0 aromatic heterocycles. The molecule has 0 radical (unpaired) electrons. The van der Waals surface area contributed by atoms with E-state index in [9.17, 15) is 4.79 Å². The molecule has 2 aliphatic heterocycles. The Balaban J connectivity index is 1.88. The van der Waals surface area contributed by atoms with Crippen molar-refractivity contribution in [2.45, 2.75) is 75.8 Å². The van der Waals surface area contributed by atoms with Gasteiger partial charge in [-0.25, -0.2) is 4.79 Å². The zero-order valence-corrected chi connectivity index (χ0v) is 19.5. The highest BCUT2D eigenvalue weighted by Gasteiger charge is 2.49. The van der Waals surface area contributed by atoms with Gasteiger partial charge < -0.3 is 9.47 Å². The molecule has 1 atom stereocenters. The average Bonchev–Trinajstić information content (AvgIpc) is 2.89. The first-order valence-electron chi connectivity index (χ1n) is 10.0. The molecule has 0 saturated carbocycles. The van der Waals surface area contributed by atoms with Gasteiger partial charge in [-0.05, 0) is 71.5 Å². The van der Waals surface area contributed by atoms with Crippen LogP contribution in [0.4, 0.5) is 4.79 Å². The van der Waals surface area contributed by atoms with Gasteiger partial charge in [-0.15, -0.1) is 23.5 Å². The van der Waals surface area contributed by atoms with Gasteiger partial charge in [-0.2, -0.15) is 0 Å². The van der Waals surface area contributed by atoms with E-state index in [0.29, 0.717) is 6.61 Å². The van der Waals surface area contributed by atoms with Crippen LogP contribution in [-0.4, -0.2) is 46.5 Å². The number of aryl methyl sites for hydroxylation is 1. The highest BCUT2D eigenvalue weighted by molar-refractivity contribution is 8.18. The van der Waals surface area contributed by atoms with Crippen LogP contribution in [0.25, 0.3) is 0 Å². The fraction of sp³-hybridized carbons (Fsp3) is 0.682. The van der Waals surface area contributed by atoms with Gasteiger partial charge >= 0.3 is 6.09 Å². The number of benzene rings is 1. The van der Waals surface area contributed by atoms with Gasteiger partial charge in [0.2, 0.25) is 0 Å². The lowest BCUT2D eigenvalue weighted by Gasteiger charge is -2.41. The van der Waals surface area contributed by atoms with Gasteiger partial charge in [0.05, 0.1) is 16.7 Å². The lowest BCUT2D eigenvalue weighted by atomic mass is 10.0. The molecule has 0 unspecified atom stereocenters. The first-order chi connectivity index (χ1) is 13.0. The van der Waals surface area contributed by atoms with Crippen LogP contribution in [-0.2, 0) is 13.6 Å². The molecule has 3 rings (SSSR count). The fourth-order valence-electron chi connectivity index (χ4n) is 3.81. The maximum Gasteiger partial charge on any atom is 0.412 e. The van der Waals surface area contributed by atoms with E-state index in [0.717, 1.165) is 17.9 Å². The van der Waals surface area contributed by atoms with Crippen LogP contribution >= 0.6 is 23.5 Å². The summed E-state index contributed by atoms with van der Waals surface area (Å²) in [5.41, 5.74) is 1.42. The minimum atomic E-state index is -0.661. The molecule has 2 saturated heterocycles. The monoisotopic (exact) mass is 423 g/mol. The van der Waals surface area contributed by atoms with Crippen LogP contribution in [0.2, 0.25) is 0 Å². The van der Waals surface area contributed by atoms with Crippen molar-refractivity contribution < 1.29 is 14.3 Å². The van der Waals surface area contributed by atoms with E-state index < -0.39 is 11.3 Å². The van der Waals surface area contributed by atoms with E-state index in [2.05, 4.69) is 31.2 Å². The van der Waals surface area contributed by atoms with E-state index in [1.165, 1.54) is 17.5 Å². The number of carbonyl (C=O) groups excluding carboxylic acids is 1. The van der Waals surface area contributed by atoms with Gasteiger partial charge in [-0.3, -0.25) is 4.90 Å². The Hall–Kier alpha value is -0.850. The summed E-state index contributed by atoms with van der Waals surface area (Å²) in [6, 6.07) is 8.86. The molecule has 0 bridgehead atoms. The fourth-order valence-corrected chi connectivity index (χ4v) is 7.29. The number of ether oxygens (including phenoxy) is 2. The summed E-state index contributed by atoms with van der Waals surface area (Å²) in [5.74, 6) is 2.29. The van der Waals surface area contributed by atoms with Gasteiger partial charge in [0.25, 0.3) is 0 Å². The molecule has 4 nitrogen and oxygen atoms in total. The number of hydrogen-bond acceptors (Lipinski definition) is 5. The number of hydrogen-bond donors (Lipinski definition) is 0. The predicted octanol–water partition coefficient (Wildman–Crippen LogP) is 5.78. The molecule has 2 fully saturated rings. The topological polar surface area (TPSA) is 38.8 Å². The third-order valence-corrected chi connectivity index (χ3v) is 8.55. The molecule has 2 aliphatic rings. The average molecular weight is 424 g/mol. The smallest absolute Gasteiger partial charge is 0.412 e. The first kappa shape index (κ1) is 21.8. The van der Waals surface area contributed by atoms with Crippen molar-refractivity contribution in [3.8, 4) is 0 Å². The van der Waals surface area contributed by atoms with Crippen LogP contribution < -0.4 is 0 Å². The van der Waals surface area contributed by atoms with Gasteiger partial charge in [0.15, 0.2) is 0 Å². The first-order valence-corrected chi connectivity index (χ1v) is 12.0. The standard InChI is InChI=1S/C22H33NO3S2/c1-16-8-10-17(11-9-16)22(27-12-7-13-28-22)14-18-15-25-21(5,6)23(18)19(24)26-20(2,3)4/h8-11,18H,7,12-15H2,1-6H3/t18-/m1/s1. The maximum atomic E-state index is 13.0. The Morgan fingerprint density at radius 2 is 1.82 bits per heavy atom. The molecular formula is C22H33NO3S2. The largest absolute Gasteiger partial charge is 0.444 e. The Morgan fingerprint density at radius 3 is 2.39 bits per heavy atom. The Morgan fingerprint density at radius 1 is 1.21 bits per heavy atom. The van der Waals surface area contributed by atoms with E-state index in [1.807, 2.05) is 63.0 Å². The normalized spacial score (nSPS) is 24.2. The van der Waals surface area contributed by atoms with Crippen molar-refractivity contribution in [1.29, 1.82) is 0 Å². The molecule has 2 heterocycles. The van der Waals surface area contributed by atoms with Gasteiger partial charge in [-0.1, -0.05) is 29.8 Å². The van der Waals surface area contributed by atoms with Crippen molar-refractivity contribution in [3.05, 3.63) is 35.4 Å². The number of nitrogens with zero attached hydrogens (tertiary/aromatic N) is 1. The Labute approximate surface area is 178 Å². The molecular weight excluding hydrogens is 390 g/mol. The lowest BCUT2D eigenvalue weighted by Crippen LogP contribution is -2.51. The minimum Gasteiger partial charge on any atom is -0.444 e. The maximum absolute atomic E-state index is 13.0. The van der Waals surface area contributed by atoms with Crippen molar-refractivity contribution in [3.63, 3.8) is 0 Å². The summed E-state index contributed by atoms with van der Waals surface area (Å²) in [7, 11) is 0. The molecule has 156 valence electrons. The molecule has 6 heteroatoms. The van der Waals surface area contributed by atoms with Crippen molar-refractivity contribution in [2.75, 3.05) is 18.1 Å². The third kappa shape index (κ3) is 4.82. The van der Waals surface area contributed by atoms with Crippen LogP contribution in [0, 0.1) is 6.92 Å². The summed E-state index contributed by atoms with van der Waals surface area (Å²) in [6.45, 7) is 12.3. The van der Waals surface area contributed by atoms with E-state index in [-0.39, 0.29) is 16.2 Å². The van der Waals surface area contributed by atoms with E-state index in [4.69, 9.17) is 9.47 Å². The number of carbonyl (C=O) groups is 1. The second-order valence-electron chi connectivity index (χ2n) is 9.14. The van der Waals surface area contributed by atoms with Crippen molar-refractivity contribution >= 4 is 29.6 Å². The number of amides is 1. The second kappa shape index (κ2) is 8.11. The highest BCUT2D eigenvalue weighted by atomic mass is 32.2. The highest BCUT2D eigenvalue weighted by Crippen LogP contribution is 2.54. The quantitative estimate of drug-likeness (QED) is 0.616. The summed E-state index contributed by atoms with van der Waals surface area (Å²) >= 11 is 4.02. The summed E-state index contributed by atoms with van der Waals surface area (Å²) in [5, 5.41) is 0. The van der Waals surface area contributed by atoms with Crippen molar-refractivity contribution in [2.24, 2.45) is 0 Å². The van der Waals surface area contributed by atoms with E-state index >= 15 is 0 Å². The van der Waals surface area contributed by atoms with Crippen molar-refractivity contribution in [1.82, 2.24) is 4.90 Å². The Kier molecular flexibility index (Phi) is 6.33. The van der Waals surface area contributed by atoms with Crippen LogP contribution in [0.3, 0.4) is 0 Å². The predicted molar refractivity (Wildman–Crippen MR) is 119 cm³/mol. The molecule has 1 aromatic rings. The third-order valence-electron chi connectivity index (χ3n) is 5.12. The van der Waals surface area contributed by atoms with E-state index in [1.54, 1.807) is 0 Å².